The second-order valence-electron chi connectivity index (χ2n) is 7.55. The van der Waals surface area contributed by atoms with Crippen molar-refractivity contribution in [3.8, 4) is 11.1 Å². The van der Waals surface area contributed by atoms with Gasteiger partial charge in [-0.05, 0) is 41.3 Å². The number of nitrogens with zero attached hydrogens (tertiary/aromatic N) is 2. The highest BCUT2D eigenvalue weighted by Gasteiger charge is 2.18. The van der Waals surface area contributed by atoms with Crippen LogP contribution in [0, 0.1) is 11.8 Å². The van der Waals surface area contributed by atoms with Crippen LogP contribution >= 0.6 is 0 Å². The van der Waals surface area contributed by atoms with Gasteiger partial charge in [-0.2, -0.15) is 4.39 Å². The molecule has 0 N–H and O–H groups in total. The first-order valence-corrected chi connectivity index (χ1v) is 10.8. The molecule has 0 spiro atoms. The number of aromatic nitrogens is 1. The topological polar surface area (TPSA) is 59.5 Å². The number of benzene rings is 2. The van der Waals surface area contributed by atoms with Gasteiger partial charge in [-0.1, -0.05) is 43.3 Å². The summed E-state index contributed by atoms with van der Waals surface area (Å²) in [6.45, 7) is 2.30. The van der Waals surface area contributed by atoms with Crippen LogP contribution in [0.4, 0.5) is 14.5 Å². The Balaban J connectivity index is 1.70. The minimum atomic E-state index is -0.551. The minimum absolute atomic E-state index is 0.0423. The Morgan fingerprint density at radius 1 is 1.00 bits per heavy atom. The van der Waals surface area contributed by atoms with Crippen molar-refractivity contribution in [2.45, 2.75) is 26.2 Å². The number of halogens is 2. The lowest BCUT2D eigenvalue weighted by Crippen LogP contribution is -2.34. The maximum Gasteiger partial charge on any atom is 0.226 e. The molecular formula is C26H26F2N2O3. The molecule has 2 aromatic carbocycles. The average Bonchev–Trinajstić information content (AvgIpc) is 2.84. The number of methoxy groups -OCH3 is 1. The smallest absolute Gasteiger partial charge is 0.226 e. The van der Waals surface area contributed by atoms with Gasteiger partial charge in [0, 0.05) is 38.3 Å². The summed E-state index contributed by atoms with van der Waals surface area (Å²) < 4.78 is 32.8. The maximum absolute atomic E-state index is 14.9. The largest absolute Gasteiger partial charge is 0.383 e. The minimum Gasteiger partial charge on any atom is -0.383 e. The average molecular weight is 453 g/mol. The molecule has 0 unspecified atom stereocenters. The molecule has 33 heavy (non-hydrogen) atoms. The molecule has 0 saturated heterocycles. The lowest BCUT2D eigenvalue weighted by atomic mass is 9.99. The van der Waals surface area contributed by atoms with E-state index in [0.717, 1.165) is 11.1 Å². The third-order valence-corrected chi connectivity index (χ3v) is 5.33. The first-order chi connectivity index (χ1) is 15.9. The third-order valence-electron chi connectivity index (χ3n) is 5.33. The SMILES string of the molecule is CCC(=O)N(CCOC)c1ccc(-c2ccc(C(=O)CCc3ccc(F)nc3)cc2)cc1F. The standard InChI is InChI=1S/C26H26F2N2O3/c1-3-26(32)30(14-15-33-2)23-11-10-21(16-22(23)27)19-6-8-20(9-7-19)24(31)12-4-18-5-13-25(28)29-17-18/h5-11,13,16-17H,3-4,12,14-15H2,1-2H3. The summed E-state index contributed by atoms with van der Waals surface area (Å²) in [6.07, 6.45) is 2.43. The maximum atomic E-state index is 14.9. The molecule has 172 valence electrons. The fourth-order valence-electron chi connectivity index (χ4n) is 3.46. The van der Waals surface area contributed by atoms with Crippen molar-refractivity contribution in [2.24, 2.45) is 0 Å². The highest BCUT2D eigenvalue weighted by molar-refractivity contribution is 5.96. The van der Waals surface area contributed by atoms with E-state index in [2.05, 4.69) is 4.98 Å². The molecular weight excluding hydrogens is 426 g/mol. The predicted octanol–water partition coefficient (Wildman–Crippen LogP) is 5.23. The Kier molecular flexibility index (Phi) is 8.38. The van der Waals surface area contributed by atoms with Crippen LogP contribution in [-0.4, -0.2) is 36.9 Å². The van der Waals surface area contributed by atoms with Crippen molar-refractivity contribution < 1.29 is 23.1 Å². The van der Waals surface area contributed by atoms with Crippen LogP contribution in [0.3, 0.4) is 0 Å². The molecule has 1 heterocycles. The number of hydrogen-bond acceptors (Lipinski definition) is 4. The lowest BCUT2D eigenvalue weighted by molar-refractivity contribution is -0.118. The zero-order chi connectivity index (χ0) is 23.8. The molecule has 0 aliphatic heterocycles. The normalized spacial score (nSPS) is 10.8. The number of carbonyl (C=O) groups is 2. The van der Waals surface area contributed by atoms with Gasteiger partial charge < -0.3 is 9.64 Å². The van der Waals surface area contributed by atoms with Crippen LogP contribution in [0.2, 0.25) is 0 Å². The molecule has 1 amide bonds. The number of rotatable bonds is 10. The number of amides is 1. The zero-order valence-corrected chi connectivity index (χ0v) is 18.7. The van der Waals surface area contributed by atoms with E-state index in [1.165, 1.54) is 30.3 Å². The number of aryl methyl sites for hydroxylation is 1. The van der Waals surface area contributed by atoms with Crippen molar-refractivity contribution in [1.29, 1.82) is 0 Å². The van der Waals surface area contributed by atoms with E-state index in [9.17, 15) is 18.4 Å². The van der Waals surface area contributed by atoms with Gasteiger partial charge in [0.15, 0.2) is 5.78 Å². The summed E-state index contributed by atoms with van der Waals surface area (Å²) in [5.74, 6) is -1.28. The Labute approximate surface area is 192 Å². The van der Waals surface area contributed by atoms with Crippen LogP contribution < -0.4 is 4.90 Å². The first-order valence-electron chi connectivity index (χ1n) is 10.8. The summed E-state index contributed by atoms with van der Waals surface area (Å²) >= 11 is 0. The number of carbonyl (C=O) groups excluding carboxylic acids is 2. The van der Waals surface area contributed by atoms with E-state index in [0.29, 0.717) is 24.2 Å². The highest BCUT2D eigenvalue weighted by Crippen LogP contribution is 2.27. The molecule has 0 atom stereocenters. The summed E-state index contributed by atoms with van der Waals surface area (Å²) in [5, 5.41) is 0. The van der Waals surface area contributed by atoms with E-state index in [4.69, 9.17) is 4.74 Å². The summed E-state index contributed by atoms with van der Waals surface area (Å²) in [7, 11) is 1.53. The van der Waals surface area contributed by atoms with Gasteiger partial charge in [0.1, 0.15) is 5.82 Å². The van der Waals surface area contributed by atoms with Crippen molar-refractivity contribution in [2.75, 3.05) is 25.2 Å². The molecule has 0 bridgehead atoms. The van der Waals surface area contributed by atoms with Crippen molar-refractivity contribution in [3.05, 3.63) is 83.7 Å². The Morgan fingerprint density at radius 3 is 2.33 bits per heavy atom. The second-order valence-corrected chi connectivity index (χ2v) is 7.55. The van der Waals surface area contributed by atoms with Crippen LogP contribution in [0.25, 0.3) is 11.1 Å². The van der Waals surface area contributed by atoms with E-state index in [1.807, 2.05) is 0 Å². The van der Waals surface area contributed by atoms with Crippen LogP contribution in [0.5, 0.6) is 0 Å². The van der Waals surface area contributed by atoms with Crippen molar-refractivity contribution in [1.82, 2.24) is 4.98 Å². The number of pyridine rings is 1. The van der Waals surface area contributed by atoms with Crippen molar-refractivity contribution >= 4 is 17.4 Å². The Hall–Kier alpha value is -3.45. The first kappa shape index (κ1) is 24.2. The van der Waals surface area contributed by atoms with Gasteiger partial charge in [-0.25, -0.2) is 9.37 Å². The number of Topliss-reactive ketones (excluding diaryl/α,β-unsaturated/α-hetero) is 1. The molecule has 0 aliphatic rings. The molecule has 0 radical (unpaired) electrons. The fraction of sp³-hybridized carbons (Fsp3) is 0.269. The summed E-state index contributed by atoms with van der Waals surface area (Å²) in [4.78, 5) is 29.7. The summed E-state index contributed by atoms with van der Waals surface area (Å²) in [5.41, 5.74) is 2.95. The van der Waals surface area contributed by atoms with E-state index in [-0.39, 0.29) is 36.8 Å². The highest BCUT2D eigenvalue weighted by atomic mass is 19.1. The quantitative estimate of drug-likeness (QED) is 0.312. The van der Waals surface area contributed by atoms with Gasteiger partial charge in [0.05, 0.1) is 12.3 Å². The van der Waals surface area contributed by atoms with E-state index < -0.39 is 11.8 Å². The molecule has 0 aliphatic carbocycles. The monoisotopic (exact) mass is 452 g/mol. The van der Waals surface area contributed by atoms with Gasteiger partial charge in [0.25, 0.3) is 0 Å². The molecule has 3 rings (SSSR count). The number of ketones is 1. The van der Waals surface area contributed by atoms with Crippen LogP contribution in [0.1, 0.15) is 35.7 Å². The van der Waals surface area contributed by atoms with Gasteiger partial charge in [0.2, 0.25) is 11.9 Å². The fourth-order valence-corrected chi connectivity index (χ4v) is 3.46. The van der Waals surface area contributed by atoms with Gasteiger partial charge in [-0.15, -0.1) is 0 Å². The van der Waals surface area contributed by atoms with Crippen LogP contribution in [0.15, 0.2) is 60.8 Å². The molecule has 0 saturated carbocycles. The molecule has 7 heteroatoms. The second kappa shape index (κ2) is 11.4. The molecule has 0 fully saturated rings. The lowest BCUT2D eigenvalue weighted by Gasteiger charge is -2.23. The Morgan fingerprint density at radius 2 is 1.73 bits per heavy atom. The number of anilines is 1. The third kappa shape index (κ3) is 6.29. The van der Waals surface area contributed by atoms with E-state index >= 15 is 0 Å². The predicted molar refractivity (Wildman–Crippen MR) is 123 cm³/mol. The molecule has 3 aromatic rings. The molecule has 5 nitrogen and oxygen atoms in total. The summed E-state index contributed by atoms with van der Waals surface area (Å²) in [6, 6.07) is 14.5. The van der Waals surface area contributed by atoms with Crippen molar-refractivity contribution in [3.63, 3.8) is 0 Å². The number of ether oxygens (including phenoxy) is 1. The zero-order valence-electron chi connectivity index (χ0n) is 18.7. The molecule has 1 aromatic heterocycles. The Bertz CT molecular complexity index is 1100. The van der Waals surface area contributed by atoms with Crippen LogP contribution in [-0.2, 0) is 16.0 Å². The van der Waals surface area contributed by atoms with E-state index in [1.54, 1.807) is 49.4 Å². The van der Waals surface area contributed by atoms with Gasteiger partial charge >= 0.3 is 0 Å². The number of hydrogen-bond donors (Lipinski definition) is 0. The van der Waals surface area contributed by atoms with Gasteiger partial charge in [-0.3, -0.25) is 9.59 Å².